The van der Waals surface area contributed by atoms with Gasteiger partial charge < -0.3 is 31.9 Å². The van der Waals surface area contributed by atoms with Crippen LogP contribution in [0.15, 0.2) is 18.2 Å². The van der Waals surface area contributed by atoms with Crippen molar-refractivity contribution in [3.8, 4) is 0 Å². The quantitative estimate of drug-likeness (QED) is 0.131. The zero-order chi connectivity index (χ0) is 34.8. The Labute approximate surface area is 254 Å². The summed E-state index contributed by atoms with van der Waals surface area (Å²) in [5, 5.41) is 32.3. The van der Waals surface area contributed by atoms with Crippen LogP contribution in [-0.4, -0.2) is 75.0 Å². The number of carboxylic acid groups (broad SMARTS) is 2. The average Bonchev–Trinajstić information content (AvgIpc) is 2.88. The normalized spacial score (nSPS) is 16.7. The molecular weight excluding hydrogens is 616 g/mol. The summed E-state index contributed by atoms with van der Waals surface area (Å²) in [5.41, 5.74) is 7.57. The molecule has 1 heterocycles. The fraction of sp³-hybridized carbons (Fsp3) is 0.556. The highest BCUT2D eigenvalue weighted by Gasteiger charge is 2.39. The Morgan fingerprint density at radius 2 is 1.47 bits per heavy atom. The maximum atomic E-state index is 12.8. The highest BCUT2D eigenvalue weighted by molar-refractivity contribution is 5.96. The van der Waals surface area contributed by atoms with Gasteiger partial charge in [0.25, 0.3) is 5.91 Å². The van der Waals surface area contributed by atoms with Crippen LogP contribution in [-0.2, 0) is 9.59 Å². The number of carbonyl (C=O) groups excluding carboxylic acids is 1. The predicted molar refractivity (Wildman–Crippen MR) is 153 cm³/mol. The molecule has 1 fully saturated rings. The molecule has 2 aromatic rings. The number of nitrogens with zero attached hydrogens (tertiary/aromatic N) is 2. The molecule has 1 amide bonds. The molecule has 1 saturated carbocycles. The molecule has 0 bridgehead atoms. The number of benzene rings is 1. The lowest BCUT2D eigenvalue weighted by molar-refractivity contribution is -0.193. The van der Waals surface area contributed by atoms with Gasteiger partial charge in [-0.3, -0.25) is 10.2 Å². The molecule has 0 radical (unpaired) electrons. The summed E-state index contributed by atoms with van der Waals surface area (Å²) in [6.45, 7) is 9.04. The van der Waals surface area contributed by atoms with Crippen LogP contribution in [0.5, 0.6) is 0 Å². The third kappa shape index (κ3) is 14.3. The number of aliphatic carboxylic acids is 2. The fourth-order valence-corrected chi connectivity index (χ4v) is 3.94. The fourth-order valence-electron chi connectivity index (χ4n) is 3.94. The van der Waals surface area contributed by atoms with E-state index < -0.39 is 24.3 Å². The lowest BCUT2D eigenvalue weighted by Crippen LogP contribution is -2.50. The lowest BCUT2D eigenvalue weighted by atomic mass is 9.90. The number of nitrogens with one attached hydrogen (secondary N) is 4. The lowest BCUT2D eigenvalue weighted by Gasteiger charge is -2.33. The Hall–Kier alpha value is -4.38. The van der Waals surface area contributed by atoms with Crippen LogP contribution in [0.4, 0.5) is 32.2 Å². The van der Waals surface area contributed by atoms with Crippen molar-refractivity contribution in [1.29, 1.82) is 5.41 Å². The second-order valence-corrected chi connectivity index (χ2v) is 11.3. The summed E-state index contributed by atoms with van der Waals surface area (Å²) in [7, 11) is 0. The summed E-state index contributed by atoms with van der Waals surface area (Å²) in [4.78, 5) is 39.7. The van der Waals surface area contributed by atoms with Crippen LogP contribution in [0.1, 0.15) is 69.1 Å². The molecule has 0 aliphatic heterocycles. The monoisotopic (exact) mass is 653 g/mol. The van der Waals surface area contributed by atoms with Crippen molar-refractivity contribution < 1.29 is 50.9 Å². The molecule has 1 aromatic carbocycles. The molecule has 2 atom stereocenters. The average molecular weight is 654 g/mol. The highest BCUT2D eigenvalue weighted by Crippen LogP contribution is 2.27. The third-order valence-corrected chi connectivity index (χ3v) is 6.13. The molecule has 0 spiro atoms. The largest absolute Gasteiger partial charge is 0.490 e. The molecule has 8 N–H and O–H groups in total. The van der Waals surface area contributed by atoms with Crippen LogP contribution in [0, 0.1) is 17.7 Å². The number of guanidine groups is 1. The Morgan fingerprint density at radius 1 is 0.956 bits per heavy atom. The molecular formula is C27H37F6N7O5. The first-order chi connectivity index (χ1) is 20.5. The Bertz CT molecular complexity index is 1320. The number of alkyl halides is 6. The van der Waals surface area contributed by atoms with Crippen molar-refractivity contribution in [2.75, 3.05) is 11.9 Å². The zero-order valence-corrected chi connectivity index (χ0v) is 25.0. The Morgan fingerprint density at radius 3 is 1.93 bits per heavy atom. The molecule has 3 rings (SSSR count). The second kappa shape index (κ2) is 16.1. The van der Waals surface area contributed by atoms with E-state index in [9.17, 15) is 31.1 Å². The van der Waals surface area contributed by atoms with Gasteiger partial charge in [-0.2, -0.15) is 26.3 Å². The highest BCUT2D eigenvalue weighted by atomic mass is 19.4. The first kappa shape index (κ1) is 38.6. The van der Waals surface area contributed by atoms with E-state index in [2.05, 4.69) is 46.7 Å². The van der Waals surface area contributed by atoms with E-state index in [1.165, 1.54) is 0 Å². The summed E-state index contributed by atoms with van der Waals surface area (Å²) < 4.78 is 63.5. The van der Waals surface area contributed by atoms with Crippen molar-refractivity contribution in [2.45, 2.75) is 84.2 Å². The summed E-state index contributed by atoms with van der Waals surface area (Å²) in [6.07, 6.45) is -5.24. The van der Waals surface area contributed by atoms with Gasteiger partial charge in [0.2, 0.25) is 5.82 Å². The first-order valence-electron chi connectivity index (χ1n) is 13.5. The van der Waals surface area contributed by atoms with Crippen molar-refractivity contribution in [3.05, 3.63) is 29.6 Å². The number of hydrogen-bond acceptors (Lipinski definition) is 7. The molecule has 12 nitrogen and oxygen atoms in total. The van der Waals surface area contributed by atoms with E-state index >= 15 is 0 Å². The SMILES string of the molecule is Cc1ccc2nc(C(=O)NCCC(C)(C)C)nc(NC3CCCCC3NC(=N)N)c2c1.O=C(O)C(F)(F)F.O=C(O)C(F)(F)F. The number of carboxylic acids is 2. The smallest absolute Gasteiger partial charge is 0.475 e. The Balaban J connectivity index is 0.000000601. The maximum absolute atomic E-state index is 12.8. The van der Waals surface area contributed by atoms with E-state index in [4.69, 9.17) is 30.9 Å². The number of nitrogens with two attached hydrogens (primary N) is 1. The van der Waals surface area contributed by atoms with Gasteiger partial charge in [0.05, 0.1) is 5.52 Å². The minimum Gasteiger partial charge on any atom is -0.475 e. The maximum Gasteiger partial charge on any atom is 0.490 e. The van der Waals surface area contributed by atoms with Crippen LogP contribution < -0.4 is 21.7 Å². The van der Waals surface area contributed by atoms with E-state index in [0.29, 0.717) is 12.4 Å². The number of rotatable bonds is 6. The van der Waals surface area contributed by atoms with Gasteiger partial charge in [0.15, 0.2) is 5.96 Å². The molecule has 45 heavy (non-hydrogen) atoms. The summed E-state index contributed by atoms with van der Waals surface area (Å²) in [5.74, 6) is -4.99. The van der Waals surface area contributed by atoms with Gasteiger partial charge >= 0.3 is 24.3 Å². The topological polar surface area (TPSA) is 203 Å². The predicted octanol–water partition coefficient (Wildman–Crippen LogP) is 4.58. The van der Waals surface area contributed by atoms with Gasteiger partial charge in [0.1, 0.15) is 5.82 Å². The number of amides is 1. The molecule has 18 heteroatoms. The standard InChI is InChI=1S/C23H35N7O.2C2HF3O2/c1-14-9-10-16-15(13-14)19(28-17-7-5-6-8-18(17)29-22(24)25)30-20(27-16)21(31)26-12-11-23(2,3)4;2*3-2(4,5)1(6)7/h9-10,13,17-18H,5-8,11-12H2,1-4H3,(H,26,31)(H4,24,25,29)(H,27,28,30);2*(H,6,7). The number of anilines is 1. The van der Waals surface area contributed by atoms with Crippen molar-refractivity contribution in [1.82, 2.24) is 20.6 Å². The number of fused-ring (bicyclic) bond motifs is 1. The van der Waals surface area contributed by atoms with E-state index in [1.54, 1.807) is 0 Å². The molecule has 1 aliphatic rings. The first-order valence-corrected chi connectivity index (χ1v) is 13.5. The van der Waals surface area contributed by atoms with E-state index in [-0.39, 0.29) is 35.2 Å². The summed E-state index contributed by atoms with van der Waals surface area (Å²) in [6, 6.07) is 6.06. The second-order valence-electron chi connectivity index (χ2n) is 11.3. The zero-order valence-electron chi connectivity index (χ0n) is 25.0. The number of hydrogen-bond donors (Lipinski definition) is 7. The van der Waals surface area contributed by atoms with Crippen molar-refractivity contribution >= 4 is 40.5 Å². The van der Waals surface area contributed by atoms with Crippen molar-refractivity contribution in [3.63, 3.8) is 0 Å². The minimum absolute atomic E-state index is 0.0268. The Kier molecular flexibility index (Phi) is 13.8. The number of aryl methyl sites for hydroxylation is 1. The van der Waals surface area contributed by atoms with Crippen LogP contribution in [0.25, 0.3) is 10.9 Å². The minimum atomic E-state index is -5.08. The molecule has 0 saturated heterocycles. The van der Waals surface area contributed by atoms with Gasteiger partial charge in [-0.15, -0.1) is 0 Å². The van der Waals surface area contributed by atoms with Crippen LogP contribution in [0.3, 0.4) is 0 Å². The van der Waals surface area contributed by atoms with Crippen molar-refractivity contribution in [2.24, 2.45) is 11.1 Å². The van der Waals surface area contributed by atoms with Gasteiger partial charge in [-0.1, -0.05) is 45.2 Å². The number of aromatic nitrogens is 2. The van der Waals surface area contributed by atoms with Crippen LogP contribution >= 0.6 is 0 Å². The number of carbonyl (C=O) groups is 3. The van der Waals surface area contributed by atoms with E-state index in [1.807, 2.05) is 25.1 Å². The molecule has 2 unspecified atom stereocenters. The molecule has 252 valence electrons. The molecule has 1 aliphatic carbocycles. The molecule has 1 aromatic heterocycles. The van der Waals surface area contributed by atoms with Gasteiger partial charge in [-0.25, -0.2) is 19.6 Å². The van der Waals surface area contributed by atoms with Crippen LogP contribution in [0.2, 0.25) is 0 Å². The van der Waals surface area contributed by atoms with Gasteiger partial charge in [0, 0.05) is 24.0 Å². The number of halogens is 6. The third-order valence-electron chi connectivity index (χ3n) is 6.13. The summed E-state index contributed by atoms with van der Waals surface area (Å²) >= 11 is 0. The van der Waals surface area contributed by atoms with E-state index in [0.717, 1.165) is 48.6 Å². The van der Waals surface area contributed by atoms with Gasteiger partial charge in [-0.05, 0) is 43.7 Å².